The number of aliphatic imine (C=N–C) groups is 1. The third-order valence-electron chi connectivity index (χ3n) is 4.65. The van der Waals surface area contributed by atoms with E-state index in [4.69, 9.17) is 4.99 Å². The maximum absolute atomic E-state index is 9.63. The second-order valence-corrected chi connectivity index (χ2v) is 6.99. The number of allylic oxidation sites excluding steroid dienone is 2. The van der Waals surface area contributed by atoms with Crippen LogP contribution in [-0.2, 0) is 0 Å². The van der Waals surface area contributed by atoms with Gasteiger partial charge in [-0.1, -0.05) is 67.2 Å². The summed E-state index contributed by atoms with van der Waals surface area (Å²) in [5.74, 6) is 0.0825. The molecule has 0 aliphatic rings. The number of nitrogens with zero attached hydrogens (tertiary/aromatic N) is 3. The van der Waals surface area contributed by atoms with Gasteiger partial charge in [-0.05, 0) is 47.9 Å². The van der Waals surface area contributed by atoms with Crippen molar-refractivity contribution in [1.82, 2.24) is 5.01 Å². The van der Waals surface area contributed by atoms with Crippen LogP contribution >= 0.6 is 0 Å². The Morgan fingerprint density at radius 3 is 2.10 bits per heavy atom. The molecule has 0 bridgehead atoms. The molecule has 0 aromatic heterocycles. The van der Waals surface area contributed by atoms with Crippen molar-refractivity contribution in [3.63, 3.8) is 0 Å². The molecule has 0 unspecified atom stereocenters. The monoisotopic (exact) mass is 411 g/mol. The van der Waals surface area contributed by atoms with E-state index in [0.29, 0.717) is 11.4 Å². The SMILES string of the molecule is C=C(N=C(/C=C(\C)c1ccccc1)c1ccccc1)N(C)/N=C/c1ccc(O)c(O)c1. The van der Waals surface area contributed by atoms with E-state index in [-0.39, 0.29) is 11.5 Å². The van der Waals surface area contributed by atoms with E-state index in [1.165, 1.54) is 12.1 Å². The first-order chi connectivity index (χ1) is 14.9. The smallest absolute Gasteiger partial charge is 0.158 e. The Morgan fingerprint density at radius 1 is 0.871 bits per heavy atom. The highest BCUT2D eigenvalue weighted by atomic mass is 16.3. The Kier molecular flexibility index (Phi) is 7.01. The van der Waals surface area contributed by atoms with Crippen LogP contribution in [0.3, 0.4) is 0 Å². The Morgan fingerprint density at radius 2 is 1.48 bits per heavy atom. The fourth-order valence-electron chi connectivity index (χ4n) is 2.83. The lowest BCUT2D eigenvalue weighted by Gasteiger charge is -2.14. The second kappa shape index (κ2) is 10.1. The van der Waals surface area contributed by atoms with Crippen LogP contribution in [0.2, 0.25) is 0 Å². The first kappa shape index (κ1) is 21.6. The fraction of sp³-hybridized carbons (Fsp3) is 0.0769. The third kappa shape index (κ3) is 5.93. The molecule has 0 fully saturated rings. The Bertz CT molecular complexity index is 1130. The molecule has 156 valence electrons. The largest absolute Gasteiger partial charge is 0.504 e. The molecule has 5 nitrogen and oxygen atoms in total. The maximum Gasteiger partial charge on any atom is 0.158 e. The molecular weight excluding hydrogens is 386 g/mol. The van der Waals surface area contributed by atoms with Crippen molar-refractivity contribution in [2.24, 2.45) is 10.1 Å². The molecule has 5 heteroatoms. The summed E-state index contributed by atoms with van der Waals surface area (Å²) in [6, 6.07) is 24.5. The molecule has 0 atom stereocenters. The van der Waals surface area contributed by atoms with Crippen LogP contribution in [0.15, 0.2) is 107 Å². The van der Waals surface area contributed by atoms with Crippen molar-refractivity contribution in [2.75, 3.05) is 7.05 Å². The lowest BCUT2D eigenvalue weighted by Crippen LogP contribution is -2.11. The van der Waals surface area contributed by atoms with Crippen LogP contribution in [0.1, 0.15) is 23.6 Å². The van der Waals surface area contributed by atoms with Gasteiger partial charge >= 0.3 is 0 Å². The molecular formula is C26H25N3O2. The average Bonchev–Trinajstić information content (AvgIpc) is 2.80. The number of phenolic OH excluding ortho intramolecular Hbond substituents is 2. The van der Waals surface area contributed by atoms with Crippen LogP contribution in [0.25, 0.3) is 5.57 Å². The third-order valence-corrected chi connectivity index (χ3v) is 4.65. The molecule has 3 rings (SSSR count). The predicted molar refractivity (Wildman–Crippen MR) is 127 cm³/mol. The van der Waals surface area contributed by atoms with Gasteiger partial charge in [-0.2, -0.15) is 5.10 Å². The van der Waals surface area contributed by atoms with Crippen molar-refractivity contribution in [3.8, 4) is 11.5 Å². The Hall–Kier alpha value is -4.12. The van der Waals surface area contributed by atoms with E-state index in [9.17, 15) is 10.2 Å². The zero-order valence-electron chi connectivity index (χ0n) is 17.6. The summed E-state index contributed by atoms with van der Waals surface area (Å²) >= 11 is 0. The molecule has 0 saturated heterocycles. The number of phenols is 2. The summed E-state index contributed by atoms with van der Waals surface area (Å²) in [6.07, 6.45) is 3.60. The summed E-state index contributed by atoms with van der Waals surface area (Å²) < 4.78 is 0. The van der Waals surface area contributed by atoms with Gasteiger partial charge in [-0.25, -0.2) is 4.99 Å². The lowest BCUT2D eigenvalue weighted by atomic mass is 10.0. The van der Waals surface area contributed by atoms with Gasteiger partial charge < -0.3 is 10.2 Å². The predicted octanol–water partition coefficient (Wildman–Crippen LogP) is 5.43. The van der Waals surface area contributed by atoms with Gasteiger partial charge in [0.1, 0.15) is 5.82 Å². The van der Waals surface area contributed by atoms with Crippen molar-refractivity contribution >= 4 is 17.5 Å². The van der Waals surface area contributed by atoms with Crippen molar-refractivity contribution in [2.45, 2.75) is 6.92 Å². The van der Waals surface area contributed by atoms with Gasteiger partial charge in [-0.3, -0.25) is 5.01 Å². The van der Waals surface area contributed by atoms with Crippen LogP contribution in [0.5, 0.6) is 11.5 Å². The molecule has 0 radical (unpaired) electrons. The number of aromatic hydroxyl groups is 2. The van der Waals surface area contributed by atoms with Crippen molar-refractivity contribution in [1.29, 1.82) is 0 Å². The van der Waals surface area contributed by atoms with E-state index in [1.807, 2.05) is 54.6 Å². The molecule has 0 aliphatic carbocycles. The first-order valence-corrected chi connectivity index (χ1v) is 9.80. The van der Waals surface area contributed by atoms with Crippen LogP contribution in [0, 0.1) is 0 Å². The number of benzene rings is 3. The summed E-state index contributed by atoms with van der Waals surface area (Å²) in [5.41, 5.74) is 4.59. The summed E-state index contributed by atoms with van der Waals surface area (Å²) in [4.78, 5) is 4.72. The summed E-state index contributed by atoms with van der Waals surface area (Å²) in [7, 11) is 1.75. The molecule has 3 aromatic carbocycles. The van der Waals surface area contributed by atoms with Gasteiger partial charge in [0.15, 0.2) is 11.5 Å². The standard InChI is InChI=1S/C26H25N3O2/c1-19(22-10-6-4-7-11-22)16-24(23-12-8-5-9-13-23)28-20(2)29(3)27-18-21-14-15-25(30)26(31)17-21/h4-18,30-31H,2H2,1,3H3/b19-16+,27-18+,28-24?. The van der Waals surface area contributed by atoms with E-state index >= 15 is 0 Å². The minimum atomic E-state index is -0.198. The van der Waals surface area contributed by atoms with Gasteiger partial charge in [0.2, 0.25) is 0 Å². The number of hydrazone groups is 1. The summed E-state index contributed by atoms with van der Waals surface area (Å²) in [5, 5.41) is 24.9. The van der Waals surface area contributed by atoms with Crippen LogP contribution in [0.4, 0.5) is 0 Å². The first-order valence-electron chi connectivity index (χ1n) is 9.80. The Balaban J connectivity index is 1.87. The topological polar surface area (TPSA) is 68.4 Å². The molecule has 0 amide bonds. The fourth-order valence-corrected chi connectivity index (χ4v) is 2.83. The molecule has 0 aliphatic heterocycles. The number of hydrogen-bond acceptors (Lipinski definition) is 5. The van der Waals surface area contributed by atoms with Crippen molar-refractivity contribution in [3.05, 3.63) is 114 Å². The average molecular weight is 412 g/mol. The van der Waals surface area contributed by atoms with E-state index in [2.05, 4.69) is 30.7 Å². The van der Waals surface area contributed by atoms with Gasteiger partial charge in [0.25, 0.3) is 0 Å². The highest BCUT2D eigenvalue weighted by molar-refractivity contribution is 6.12. The van der Waals surface area contributed by atoms with E-state index in [0.717, 1.165) is 22.4 Å². The van der Waals surface area contributed by atoms with E-state index < -0.39 is 0 Å². The van der Waals surface area contributed by atoms with Crippen molar-refractivity contribution < 1.29 is 10.2 Å². The normalized spacial score (nSPS) is 12.2. The molecule has 3 aromatic rings. The molecule has 0 saturated carbocycles. The minimum absolute atomic E-state index is 0.174. The molecule has 0 spiro atoms. The quantitative estimate of drug-likeness (QED) is 0.310. The van der Waals surface area contributed by atoms with Crippen LogP contribution < -0.4 is 0 Å². The highest BCUT2D eigenvalue weighted by Gasteiger charge is 2.06. The van der Waals surface area contributed by atoms with Crippen LogP contribution in [-0.4, -0.2) is 34.2 Å². The highest BCUT2D eigenvalue weighted by Crippen LogP contribution is 2.24. The number of hydrogen-bond donors (Lipinski definition) is 2. The lowest BCUT2D eigenvalue weighted by molar-refractivity contribution is 0.403. The summed E-state index contributed by atoms with van der Waals surface area (Å²) in [6.45, 7) is 6.10. The Labute approximate surface area is 182 Å². The molecule has 31 heavy (non-hydrogen) atoms. The van der Waals surface area contributed by atoms with Gasteiger partial charge in [0.05, 0.1) is 11.9 Å². The zero-order chi connectivity index (χ0) is 22.2. The maximum atomic E-state index is 9.63. The van der Waals surface area contributed by atoms with Gasteiger partial charge in [-0.15, -0.1) is 0 Å². The van der Waals surface area contributed by atoms with Gasteiger partial charge in [0, 0.05) is 12.6 Å². The minimum Gasteiger partial charge on any atom is -0.504 e. The number of rotatable bonds is 7. The zero-order valence-corrected chi connectivity index (χ0v) is 17.6. The molecule has 2 N–H and O–H groups in total. The second-order valence-electron chi connectivity index (χ2n) is 6.99. The van der Waals surface area contributed by atoms with E-state index in [1.54, 1.807) is 24.3 Å². The molecule has 0 heterocycles.